The molecule has 2 atom stereocenters. The molecular formula is C16H22N2O2. The Kier molecular flexibility index (Phi) is 3.76. The van der Waals surface area contributed by atoms with Crippen LogP contribution in [0.2, 0.25) is 0 Å². The second kappa shape index (κ2) is 5.54. The Morgan fingerprint density at radius 3 is 2.60 bits per heavy atom. The van der Waals surface area contributed by atoms with E-state index >= 15 is 0 Å². The number of carbonyl (C=O) groups is 1. The lowest BCUT2D eigenvalue weighted by molar-refractivity contribution is -0.134. The van der Waals surface area contributed by atoms with Gasteiger partial charge in [0.05, 0.1) is 12.1 Å². The monoisotopic (exact) mass is 274 g/mol. The molecular weight excluding hydrogens is 252 g/mol. The van der Waals surface area contributed by atoms with E-state index in [-0.39, 0.29) is 18.1 Å². The minimum atomic E-state index is -0.385. The molecule has 1 aromatic carbocycles. The predicted molar refractivity (Wildman–Crippen MR) is 77.2 cm³/mol. The Hall–Kier alpha value is -1.39. The number of carbonyl (C=O) groups excluding carboxylic acids is 1. The number of β-amino-alcohol motifs (C(OH)–C–C–N with tert-alkyl or cyclic N) is 1. The number of amides is 1. The average Bonchev–Trinajstić information content (AvgIpc) is 3.19. The number of nitrogens with zero attached hydrogens (tertiary/aromatic N) is 1. The molecule has 1 heterocycles. The van der Waals surface area contributed by atoms with Crippen LogP contribution in [0.25, 0.3) is 0 Å². The highest BCUT2D eigenvalue weighted by atomic mass is 16.3. The van der Waals surface area contributed by atoms with Crippen molar-refractivity contribution < 1.29 is 9.90 Å². The van der Waals surface area contributed by atoms with Gasteiger partial charge in [0.25, 0.3) is 0 Å². The van der Waals surface area contributed by atoms with Crippen LogP contribution in [0.1, 0.15) is 30.4 Å². The molecule has 3 rings (SSSR count). The lowest BCUT2D eigenvalue weighted by Crippen LogP contribution is -2.44. The maximum atomic E-state index is 12.6. The van der Waals surface area contributed by atoms with Gasteiger partial charge in [-0.15, -0.1) is 0 Å². The van der Waals surface area contributed by atoms with Crippen molar-refractivity contribution in [3.8, 4) is 0 Å². The highest BCUT2D eigenvalue weighted by molar-refractivity contribution is 5.83. The Balaban J connectivity index is 1.69. The molecule has 1 aliphatic heterocycles. The third-order valence-electron chi connectivity index (χ3n) is 4.15. The summed E-state index contributed by atoms with van der Waals surface area (Å²) in [6.45, 7) is 3.27. The van der Waals surface area contributed by atoms with E-state index in [1.807, 2.05) is 4.90 Å². The summed E-state index contributed by atoms with van der Waals surface area (Å²) in [4.78, 5) is 14.6. The van der Waals surface area contributed by atoms with Crippen LogP contribution < -0.4 is 5.32 Å². The first kappa shape index (κ1) is 13.6. The van der Waals surface area contributed by atoms with Gasteiger partial charge in [-0.3, -0.25) is 4.79 Å². The first-order valence-corrected chi connectivity index (χ1v) is 7.41. The van der Waals surface area contributed by atoms with E-state index in [4.69, 9.17) is 0 Å². The van der Waals surface area contributed by atoms with Gasteiger partial charge < -0.3 is 15.3 Å². The molecule has 2 fully saturated rings. The van der Waals surface area contributed by atoms with Gasteiger partial charge in [-0.1, -0.05) is 29.8 Å². The molecule has 1 amide bonds. The second-order valence-corrected chi connectivity index (χ2v) is 6.03. The van der Waals surface area contributed by atoms with Gasteiger partial charge in [0, 0.05) is 19.1 Å². The van der Waals surface area contributed by atoms with Crippen molar-refractivity contribution in [2.24, 2.45) is 0 Å². The van der Waals surface area contributed by atoms with Crippen molar-refractivity contribution in [1.29, 1.82) is 0 Å². The minimum absolute atomic E-state index is 0.143. The lowest BCUT2D eigenvalue weighted by Gasteiger charge is -2.26. The summed E-state index contributed by atoms with van der Waals surface area (Å²) >= 11 is 0. The molecule has 2 N–H and O–H groups in total. The third-order valence-corrected chi connectivity index (χ3v) is 4.15. The molecule has 4 heteroatoms. The lowest BCUT2D eigenvalue weighted by atomic mass is 10.1. The number of hydrogen-bond acceptors (Lipinski definition) is 3. The molecule has 1 aliphatic carbocycles. The smallest absolute Gasteiger partial charge is 0.240 e. The van der Waals surface area contributed by atoms with Crippen molar-refractivity contribution in [3.63, 3.8) is 0 Å². The van der Waals surface area contributed by atoms with Crippen molar-refractivity contribution in [2.45, 2.75) is 50.9 Å². The normalized spacial score (nSPS) is 25.7. The highest BCUT2D eigenvalue weighted by Crippen LogP contribution is 2.29. The zero-order valence-electron chi connectivity index (χ0n) is 11.9. The van der Waals surface area contributed by atoms with Crippen LogP contribution in [0.4, 0.5) is 0 Å². The molecule has 2 aliphatic rings. The summed E-state index contributed by atoms with van der Waals surface area (Å²) < 4.78 is 0. The fourth-order valence-corrected chi connectivity index (χ4v) is 2.77. The van der Waals surface area contributed by atoms with Crippen LogP contribution in [0.5, 0.6) is 0 Å². The minimum Gasteiger partial charge on any atom is -0.392 e. The van der Waals surface area contributed by atoms with Crippen molar-refractivity contribution in [2.75, 3.05) is 6.54 Å². The zero-order chi connectivity index (χ0) is 14.1. The number of aryl methyl sites for hydroxylation is 1. The Morgan fingerprint density at radius 2 is 2.05 bits per heavy atom. The third kappa shape index (κ3) is 3.02. The molecule has 20 heavy (non-hydrogen) atoms. The van der Waals surface area contributed by atoms with Gasteiger partial charge in [-0.05, 0) is 31.7 Å². The van der Waals surface area contributed by atoms with E-state index in [1.165, 1.54) is 11.1 Å². The van der Waals surface area contributed by atoms with Gasteiger partial charge in [-0.25, -0.2) is 0 Å². The molecule has 1 saturated carbocycles. The van der Waals surface area contributed by atoms with Crippen LogP contribution in [-0.4, -0.2) is 40.6 Å². The maximum Gasteiger partial charge on any atom is 0.240 e. The predicted octanol–water partition coefficient (Wildman–Crippen LogP) is 1.21. The highest BCUT2D eigenvalue weighted by Gasteiger charge is 2.38. The van der Waals surface area contributed by atoms with Crippen LogP contribution in [0.3, 0.4) is 0 Å². The number of rotatable bonds is 4. The van der Waals surface area contributed by atoms with Gasteiger partial charge in [-0.2, -0.15) is 0 Å². The van der Waals surface area contributed by atoms with Gasteiger partial charge in [0.15, 0.2) is 0 Å². The maximum absolute atomic E-state index is 12.6. The van der Waals surface area contributed by atoms with Crippen LogP contribution in [0, 0.1) is 6.92 Å². The average molecular weight is 274 g/mol. The first-order valence-electron chi connectivity index (χ1n) is 7.41. The Bertz CT molecular complexity index is 482. The molecule has 1 aromatic rings. The molecule has 0 aromatic heterocycles. The number of nitrogens with one attached hydrogen (secondary N) is 1. The molecule has 4 nitrogen and oxygen atoms in total. The van der Waals surface area contributed by atoms with Crippen LogP contribution >= 0.6 is 0 Å². The Morgan fingerprint density at radius 1 is 1.35 bits per heavy atom. The standard InChI is InChI=1S/C16H22N2O2/c1-11-2-4-12(5-3-11)10-18(13-6-7-13)16(20)15-8-14(19)9-17-15/h2-5,13-15,17,19H,6-10H2,1H3. The summed E-state index contributed by atoms with van der Waals surface area (Å²) in [5.41, 5.74) is 2.41. The largest absolute Gasteiger partial charge is 0.392 e. The summed E-state index contributed by atoms with van der Waals surface area (Å²) in [5, 5.41) is 12.7. The summed E-state index contributed by atoms with van der Waals surface area (Å²) in [5.74, 6) is 0.143. The molecule has 2 unspecified atom stereocenters. The summed E-state index contributed by atoms with van der Waals surface area (Å²) in [6, 6.07) is 8.54. The van der Waals surface area contributed by atoms with Gasteiger partial charge in [0.2, 0.25) is 5.91 Å². The number of hydrogen-bond donors (Lipinski definition) is 2. The SMILES string of the molecule is Cc1ccc(CN(C(=O)C2CC(O)CN2)C2CC2)cc1. The van der Waals surface area contributed by atoms with E-state index < -0.39 is 0 Å². The topological polar surface area (TPSA) is 52.6 Å². The second-order valence-electron chi connectivity index (χ2n) is 6.03. The van der Waals surface area contributed by atoms with E-state index in [0.29, 0.717) is 25.6 Å². The number of aliphatic hydroxyl groups is 1. The van der Waals surface area contributed by atoms with Crippen molar-refractivity contribution >= 4 is 5.91 Å². The van der Waals surface area contributed by atoms with E-state index in [0.717, 1.165) is 12.8 Å². The quantitative estimate of drug-likeness (QED) is 0.867. The molecule has 108 valence electrons. The molecule has 0 bridgehead atoms. The molecule has 0 spiro atoms. The van der Waals surface area contributed by atoms with Gasteiger partial charge in [0.1, 0.15) is 0 Å². The Labute approximate surface area is 119 Å². The van der Waals surface area contributed by atoms with Crippen molar-refractivity contribution in [1.82, 2.24) is 10.2 Å². The molecule has 0 radical (unpaired) electrons. The zero-order valence-corrected chi connectivity index (χ0v) is 11.9. The fourth-order valence-electron chi connectivity index (χ4n) is 2.77. The number of benzene rings is 1. The van der Waals surface area contributed by atoms with Gasteiger partial charge >= 0.3 is 0 Å². The summed E-state index contributed by atoms with van der Waals surface area (Å²) in [6.07, 6.45) is 2.36. The van der Waals surface area contributed by atoms with Crippen LogP contribution in [-0.2, 0) is 11.3 Å². The fraction of sp³-hybridized carbons (Fsp3) is 0.562. The first-order chi connectivity index (χ1) is 9.63. The van der Waals surface area contributed by atoms with Crippen LogP contribution in [0.15, 0.2) is 24.3 Å². The van der Waals surface area contributed by atoms with Crippen molar-refractivity contribution in [3.05, 3.63) is 35.4 Å². The van der Waals surface area contributed by atoms with E-state index in [9.17, 15) is 9.90 Å². The van der Waals surface area contributed by atoms with E-state index in [2.05, 4.69) is 36.5 Å². The molecule has 1 saturated heterocycles. The summed E-state index contributed by atoms with van der Waals surface area (Å²) in [7, 11) is 0. The number of aliphatic hydroxyl groups excluding tert-OH is 1. The van der Waals surface area contributed by atoms with E-state index in [1.54, 1.807) is 0 Å².